The molecule has 25 heavy (non-hydrogen) atoms. The Morgan fingerprint density at radius 3 is 2.88 bits per heavy atom. The second-order valence-electron chi connectivity index (χ2n) is 6.25. The van der Waals surface area contributed by atoms with Crippen LogP contribution >= 0.6 is 0 Å². The van der Waals surface area contributed by atoms with Gasteiger partial charge in [0.05, 0.1) is 6.04 Å². The number of hydrogen-bond donors (Lipinski definition) is 3. The first-order valence-corrected chi connectivity index (χ1v) is 8.33. The quantitative estimate of drug-likeness (QED) is 0.774. The predicted octanol–water partition coefficient (Wildman–Crippen LogP) is 2.39. The number of halogens is 1. The van der Waals surface area contributed by atoms with Crippen molar-refractivity contribution in [3.05, 3.63) is 47.3 Å². The normalized spacial score (nSPS) is 21.1. The third-order valence-corrected chi connectivity index (χ3v) is 4.33. The Labute approximate surface area is 145 Å². The van der Waals surface area contributed by atoms with E-state index in [0.29, 0.717) is 19.0 Å². The van der Waals surface area contributed by atoms with Gasteiger partial charge in [-0.25, -0.2) is 14.2 Å². The number of hydrogen-bond acceptors (Lipinski definition) is 4. The molecule has 1 aromatic carbocycles. The first-order chi connectivity index (χ1) is 12.0. The van der Waals surface area contributed by atoms with Gasteiger partial charge in [-0.05, 0) is 38.0 Å². The maximum absolute atomic E-state index is 13.0. The predicted molar refractivity (Wildman–Crippen MR) is 89.3 cm³/mol. The lowest BCUT2D eigenvalue weighted by Gasteiger charge is -2.19. The van der Waals surface area contributed by atoms with E-state index in [-0.39, 0.29) is 29.9 Å². The molecule has 1 aromatic heterocycles. The van der Waals surface area contributed by atoms with Crippen molar-refractivity contribution in [2.24, 2.45) is 5.92 Å². The number of carbonyl (C=O) groups is 1. The minimum Gasteiger partial charge on any atom is -0.370 e. The molecule has 8 heteroatoms. The molecule has 0 radical (unpaired) electrons. The highest BCUT2D eigenvalue weighted by atomic mass is 19.1. The monoisotopic (exact) mass is 347 g/mol. The molecular weight excluding hydrogens is 325 g/mol. The fourth-order valence-corrected chi connectivity index (χ4v) is 2.92. The molecule has 0 unspecified atom stereocenters. The van der Waals surface area contributed by atoms with Crippen molar-refractivity contribution in [3.8, 4) is 0 Å². The van der Waals surface area contributed by atoms with E-state index in [4.69, 9.17) is 4.74 Å². The van der Waals surface area contributed by atoms with Crippen molar-refractivity contribution in [1.82, 2.24) is 25.8 Å². The zero-order valence-electron chi connectivity index (χ0n) is 14.3. The van der Waals surface area contributed by atoms with E-state index in [1.54, 1.807) is 12.1 Å². The highest BCUT2D eigenvalue weighted by Gasteiger charge is 2.32. The number of aromatic nitrogens is 3. The van der Waals surface area contributed by atoms with Crippen molar-refractivity contribution >= 4 is 6.03 Å². The number of H-pyrrole nitrogens is 1. The lowest BCUT2D eigenvalue weighted by molar-refractivity contribution is 0.0840. The number of nitrogens with zero attached hydrogens (tertiary/aromatic N) is 2. The molecule has 3 atom stereocenters. The lowest BCUT2D eigenvalue weighted by Crippen LogP contribution is -2.40. The summed E-state index contributed by atoms with van der Waals surface area (Å²) < 4.78 is 18.7. The molecule has 0 saturated carbocycles. The van der Waals surface area contributed by atoms with Crippen molar-refractivity contribution in [3.63, 3.8) is 0 Å². The van der Waals surface area contributed by atoms with Gasteiger partial charge in [0.1, 0.15) is 17.7 Å². The molecule has 3 N–H and O–H groups in total. The van der Waals surface area contributed by atoms with Crippen molar-refractivity contribution in [1.29, 1.82) is 0 Å². The van der Waals surface area contributed by atoms with Crippen LogP contribution in [0.1, 0.15) is 42.7 Å². The Morgan fingerprint density at radius 2 is 2.20 bits per heavy atom. The molecule has 2 aromatic rings. The van der Waals surface area contributed by atoms with Gasteiger partial charge < -0.3 is 15.4 Å². The highest BCUT2D eigenvalue weighted by molar-refractivity contribution is 5.74. The van der Waals surface area contributed by atoms with Gasteiger partial charge in [-0.15, -0.1) is 0 Å². The Morgan fingerprint density at radius 1 is 1.44 bits per heavy atom. The number of urea groups is 1. The summed E-state index contributed by atoms with van der Waals surface area (Å²) >= 11 is 0. The molecule has 1 fully saturated rings. The average molecular weight is 347 g/mol. The zero-order valence-corrected chi connectivity index (χ0v) is 14.3. The van der Waals surface area contributed by atoms with Crippen LogP contribution in [-0.2, 0) is 4.74 Å². The number of aromatic amines is 1. The first-order valence-electron chi connectivity index (χ1n) is 8.33. The highest BCUT2D eigenvalue weighted by Crippen LogP contribution is 2.32. The summed E-state index contributed by atoms with van der Waals surface area (Å²) in [6, 6.07) is 5.59. The van der Waals surface area contributed by atoms with E-state index in [1.165, 1.54) is 12.1 Å². The van der Waals surface area contributed by atoms with Crippen LogP contribution in [0.3, 0.4) is 0 Å². The van der Waals surface area contributed by atoms with Gasteiger partial charge in [0, 0.05) is 19.1 Å². The van der Waals surface area contributed by atoms with Gasteiger partial charge in [-0.2, -0.15) is 5.10 Å². The second-order valence-corrected chi connectivity index (χ2v) is 6.25. The number of rotatable bonds is 5. The average Bonchev–Trinajstić information content (AvgIpc) is 3.22. The van der Waals surface area contributed by atoms with Crippen molar-refractivity contribution < 1.29 is 13.9 Å². The molecule has 1 saturated heterocycles. The Kier molecular flexibility index (Phi) is 5.28. The first kappa shape index (κ1) is 17.3. The van der Waals surface area contributed by atoms with Crippen LogP contribution < -0.4 is 10.6 Å². The minimum absolute atomic E-state index is 0.127. The fourth-order valence-electron chi connectivity index (χ4n) is 2.92. The fraction of sp³-hybridized carbons (Fsp3) is 0.471. The third-order valence-electron chi connectivity index (χ3n) is 4.33. The summed E-state index contributed by atoms with van der Waals surface area (Å²) in [4.78, 5) is 16.4. The zero-order chi connectivity index (χ0) is 17.8. The molecule has 134 valence electrons. The number of nitrogens with one attached hydrogen (secondary N) is 3. The Hall–Kier alpha value is -2.48. The van der Waals surface area contributed by atoms with Crippen LogP contribution in [-0.4, -0.2) is 34.4 Å². The lowest BCUT2D eigenvalue weighted by atomic mass is 10.0. The molecule has 2 amide bonds. The molecule has 7 nitrogen and oxygen atoms in total. The van der Waals surface area contributed by atoms with E-state index in [2.05, 4.69) is 25.8 Å². The molecular formula is C17H22FN5O2. The Balaban J connectivity index is 1.50. The molecule has 2 heterocycles. The molecule has 1 aliphatic rings. The summed E-state index contributed by atoms with van der Waals surface area (Å²) in [5, 5.41) is 12.7. The number of amides is 2. The summed E-state index contributed by atoms with van der Waals surface area (Å²) in [5.74, 6) is 1.20. The van der Waals surface area contributed by atoms with Gasteiger partial charge in [-0.3, -0.25) is 5.10 Å². The second kappa shape index (κ2) is 7.60. The van der Waals surface area contributed by atoms with Gasteiger partial charge in [0.15, 0.2) is 5.82 Å². The van der Waals surface area contributed by atoms with E-state index >= 15 is 0 Å². The number of ether oxygens (including phenoxy) is 1. The maximum atomic E-state index is 13.0. The number of benzene rings is 1. The topological polar surface area (TPSA) is 91.9 Å². The number of carbonyl (C=O) groups excluding carboxylic acids is 1. The smallest absolute Gasteiger partial charge is 0.315 e. The van der Waals surface area contributed by atoms with Crippen molar-refractivity contribution in [2.75, 3.05) is 13.2 Å². The van der Waals surface area contributed by atoms with Crippen LogP contribution in [0.2, 0.25) is 0 Å². The van der Waals surface area contributed by atoms with Gasteiger partial charge in [-0.1, -0.05) is 12.1 Å². The molecule has 0 aliphatic carbocycles. The van der Waals surface area contributed by atoms with E-state index in [9.17, 15) is 9.18 Å². The van der Waals surface area contributed by atoms with Gasteiger partial charge in [0.2, 0.25) is 0 Å². The van der Waals surface area contributed by atoms with Crippen LogP contribution in [0.15, 0.2) is 24.3 Å². The summed E-state index contributed by atoms with van der Waals surface area (Å²) in [7, 11) is 0. The van der Waals surface area contributed by atoms with Gasteiger partial charge in [0.25, 0.3) is 0 Å². The van der Waals surface area contributed by atoms with E-state index in [1.807, 2.05) is 13.8 Å². The summed E-state index contributed by atoms with van der Waals surface area (Å²) in [5.41, 5.74) is 0.842. The standard InChI is InChI=1S/C17H22FN5O2/c1-10(12-3-5-14(18)6-4-12)20-17(24)19-9-13-7-8-25-15(13)16-21-11(2)22-23-16/h3-6,10,13,15H,7-9H2,1-2H3,(H2,19,20,24)(H,21,22,23)/t10-,13+,15+/m1/s1. The van der Waals surface area contributed by atoms with Gasteiger partial charge >= 0.3 is 6.03 Å². The minimum atomic E-state index is -0.296. The molecule has 0 spiro atoms. The van der Waals surface area contributed by atoms with Crippen LogP contribution in [0, 0.1) is 18.7 Å². The van der Waals surface area contributed by atoms with E-state index in [0.717, 1.165) is 17.8 Å². The maximum Gasteiger partial charge on any atom is 0.315 e. The number of aryl methyl sites for hydroxylation is 1. The summed E-state index contributed by atoms with van der Waals surface area (Å²) in [6.07, 6.45) is 0.631. The Bertz CT molecular complexity index is 718. The van der Waals surface area contributed by atoms with E-state index < -0.39 is 0 Å². The molecule has 1 aliphatic heterocycles. The largest absolute Gasteiger partial charge is 0.370 e. The third kappa shape index (κ3) is 4.33. The molecule has 3 rings (SSSR count). The van der Waals surface area contributed by atoms with Crippen LogP contribution in [0.25, 0.3) is 0 Å². The van der Waals surface area contributed by atoms with Crippen molar-refractivity contribution in [2.45, 2.75) is 32.4 Å². The van der Waals surface area contributed by atoms with Crippen LogP contribution in [0.4, 0.5) is 9.18 Å². The van der Waals surface area contributed by atoms with Crippen LogP contribution in [0.5, 0.6) is 0 Å². The SMILES string of the molecule is Cc1nc([C@H]2OCC[C@H]2CNC(=O)N[C@H](C)c2ccc(F)cc2)n[nH]1. The molecule has 0 bridgehead atoms. The summed E-state index contributed by atoms with van der Waals surface area (Å²) in [6.45, 7) is 4.78.